The number of aryl methyl sites for hydroxylation is 1. The first-order valence-electron chi connectivity index (χ1n) is 5.49. The summed E-state index contributed by atoms with van der Waals surface area (Å²) in [5, 5.41) is 0. The van der Waals surface area contributed by atoms with Crippen LogP contribution < -0.4 is 4.90 Å². The van der Waals surface area contributed by atoms with E-state index in [-0.39, 0.29) is 0 Å². The van der Waals surface area contributed by atoms with Crippen LogP contribution in [0.5, 0.6) is 0 Å². The Hall–Kier alpha value is -2.03. The zero-order valence-electron chi connectivity index (χ0n) is 10.0. The first-order valence-corrected chi connectivity index (χ1v) is 5.49. The summed E-state index contributed by atoms with van der Waals surface area (Å²) in [5.41, 5.74) is 3.96. The van der Waals surface area contributed by atoms with Crippen LogP contribution in [0.1, 0.15) is 21.5 Å². The van der Waals surface area contributed by atoms with Crippen LogP contribution in [0.15, 0.2) is 41.2 Å². The minimum absolute atomic E-state index is 0.741. The number of nitrogens with zero attached hydrogens (tertiary/aromatic N) is 1. The fourth-order valence-corrected chi connectivity index (χ4v) is 1.78. The summed E-state index contributed by atoms with van der Waals surface area (Å²) >= 11 is 0. The molecule has 0 N–H and O–H groups in total. The third-order valence-corrected chi connectivity index (χ3v) is 2.82. The van der Waals surface area contributed by atoms with E-state index >= 15 is 0 Å². The molecule has 0 atom stereocenters. The number of anilines is 1. The molecule has 0 amide bonds. The quantitative estimate of drug-likeness (QED) is 0.755. The van der Waals surface area contributed by atoms with Crippen molar-refractivity contribution in [2.45, 2.75) is 13.5 Å². The van der Waals surface area contributed by atoms with Gasteiger partial charge in [0.15, 0.2) is 0 Å². The van der Waals surface area contributed by atoms with Gasteiger partial charge in [-0.1, -0.05) is 0 Å². The summed E-state index contributed by atoms with van der Waals surface area (Å²) in [6.45, 7) is 2.73. The van der Waals surface area contributed by atoms with Crippen molar-refractivity contribution in [3.63, 3.8) is 0 Å². The highest BCUT2D eigenvalue weighted by Gasteiger charge is 2.05. The molecule has 0 aliphatic heterocycles. The fraction of sp³-hybridized carbons (Fsp3) is 0.214. The van der Waals surface area contributed by atoms with E-state index in [0.29, 0.717) is 0 Å². The summed E-state index contributed by atoms with van der Waals surface area (Å²) in [4.78, 5) is 12.9. The highest BCUT2D eigenvalue weighted by Crippen LogP contribution is 2.19. The Kier molecular flexibility index (Phi) is 3.28. The smallest absolute Gasteiger partial charge is 0.150 e. The molecule has 0 saturated carbocycles. The zero-order chi connectivity index (χ0) is 12.3. The standard InChI is InChI=1S/C14H15NO2/c1-11-7-14(4-3-13(11)9-16)15(2)8-12-5-6-17-10-12/h3-7,9-10H,8H2,1-2H3. The molecule has 0 spiro atoms. The van der Waals surface area contributed by atoms with Gasteiger partial charge in [-0.05, 0) is 36.8 Å². The largest absolute Gasteiger partial charge is 0.472 e. The third-order valence-electron chi connectivity index (χ3n) is 2.82. The second-order valence-corrected chi connectivity index (χ2v) is 4.15. The number of benzene rings is 1. The minimum atomic E-state index is 0.741. The Morgan fingerprint density at radius 2 is 2.18 bits per heavy atom. The molecular formula is C14H15NO2. The van der Waals surface area contributed by atoms with Crippen molar-refractivity contribution in [2.24, 2.45) is 0 Å². The lowest BCUT2D eigenvalue weighted by molar-refractivity contribution is 0.112. The highest BCUT2D eigenvalue weighted by atomic mass is 16.3. The van der Waals surface area contributed by atoms with Crippen LogP contribution in [0.2, 0.25) is 0 Å². The molecule has 0 bridgehead atoms. The summed E-state index contributed by atoms with van der Waals surface area (Å²) < 4.78 is 5.04. The van der Waals surface area contributed by atoms with E-state index in [9.17, 15) is 4.79 Å². The monoisotopic (exact) mass is 229 g/mol. The van der Waals surface area contributed by atoms with E-state index in [1.165, 1.54) is 0 Å². The average Bonchev–Trinajstić information content (AvgIpc) is 2.81. The van der Waals surface area contributed by atoms with E-state index < -0.39 is 0 Å². The van der Waals surface area contributed by atoms with Crippen LogP contribution in [0.25, 0.3) is 0 Å². The van der Waals surface area contributed by atoms with Crippen molar-refractivity contribution in [2.75, 3.05) is 11.9 Å². The molecule has 0 radical (unpaired) electrons. The fourth-order valence-electron chi connectivity index (χ4n) is 1.78. The number of hydrogen-bond acceptors (Lipinski definition) is 3. The summed E-state index contributed by atoms with van der Waals surface area (Å²) in [5.74, 6) is 0. The molecular weight excluding hydrogens is 214 g/mol. The van der Waals surface area contributed by atoms with Gasteiger partial charge in [0.25, 0.3) is 0 Å². The maximum absolute atomic E-state index is 10.7. The minimum Gasteiger partial charge on any atom is -0.472 e. The van der Waals surface area contributed by atoms with Crippen LogP contribution >= 0.6 is 0 Å². The topological polar surface area (TPSA) is 33.5 Å². The summed E-state index contributed by atoms with van der Waals surface area (Å²) in [6, 6.07) is 7.77. The summed E-state index contributed by atoms with van der Waals surface area (Å²) in [6.07, 6.45) is 4.29. The van der Waals surface area contributed by atoms with Crippen LogP contribution in [-0.2, 0) is 6.54 Å². The van der Waals surface area contributed by atoms with Gasteiger partial charge >= 0.3 is 0 Å². The van der Waals surface area contributed by atoms with Gasteiger partial charge in [0, 0.05) is 30.4 Å². The highest BCUT2D eigenvalue weighted by molar-refractivity contribution is 5.78. The molecule has 1 heterocycles. The molecule has 88 valence electrons. The van der Waals surface area contributed by atoms with Crippen molar-refractivity contribution >= 4 is 12.0 Å². The number of carbonyl (C=O) groups excluding carboxylic acids is 1. The Balaban J connectivity index is 2.16. The van der Waals surface area contributed by atoms with Crippen molar-refractivity contribution in [3.05, 3.63) is 53.5 Å². The SMILES string of the molecule is Cc1cc(N(C)Cc2ccoc2)ccc1C=O. The molecule has 2 rings (SSSR count). The molecule has 1 aromatic heterocycles. The van der Waals surface area contributed by atoms with Gasteiger partial charge in [0.2, 0.25) is 0 Å². The van der Waals surface area contributed by atoms with Gasteiger partial charge in [-0.25, -0.2) is 0 Å². The van der Waals surface area contributed by atoms with E-state index in [0.717, 1.165) is 35.2 Å². The maximum Gasteiger partial charge on any atom is 0.150 e. The van der Waals surface area contributed by atoms with Crippen molar-refractivity contribution in [1.82, 2.24) is 0 Å². The van der Waals surface area contributed by atoms with Crippen molar-refractivity contribution in [1.29, 1.82) is 0 Å². The Morgan fingerprint density at radius 3 is 2.76 bits per heavy atom. The lowest BCUT2D eigenvalue weighted by Crippen LogP contribution is -2.16. The Labute approximate surface area is 101 Å². The molecule has 3 heteroatoms. The number of carbonyl (C=O) groups is 1. The van der Waals surface area contributed by atoms with E-state index in [2.05, 4.69) is 4.90 Å². The van der Waals surface area contributed by atoms with E-state index in [1.807, 2.05) is 38.2 Å². The molecule has 3 nitrogen and oxygen atoms in total. The number of furan rings is 1. The first kappa shape index (κ1) is 11.5. The van der Waals surface area contributed by atoms with Gasteiger partial charge in [-0.15, -0.1) is 0 Å². The maximum atomic E-state index is 10.7. The molecule has 2 aromatic rings. The van der Waals surface area contributed by atoms with Gasteiger partial charge in [0.05, 0.1) is 12.5 Å². The second-order valence-electron chi connectivity index (χ2n) is 4.15. The molecule has 1 aromatic carbocycles. The molecule has 0 fully saturated rings. The molecule has 17 heavy (non-hydrogen) atoms. The van der Waals surface area contributed by atoms with Gasteiger partial charge < -0.3 is 9.32 Å². The molecule has 0 aliphatic carbocycles. The second kappa shape index (κ2) is 4.87. The third kappa shape index (κ3) is 2.56. The van der Waals surface area contributed by atoms with E-state index in [1.54, 1.807) is 12.5 Å². The molecule has 0 saturated heterocycles. The lowest BCUT2D eigenvalue weighted by Gasteiger charge is -2.19. The van der Waals surface area contributed by atoms with Gasteiger partial charge in [-0.2, -0.15) is 0 Å². The van der Waals surface area contributed by atoms with Crippen molar-refractivity contribution < 1.29 is 9.21 Å². The van der Waals surface area contributed by atoms with E-state index in [4.69, 9.17) is 4.42 Å². The van der Waals surface area contributed by atoms with Gasteiger partial charge in [0.1, 0.15) is 6.29 Å². The van der Waals surface area contributed by atoms with Crippen LogP contribution in [-0.4, -0.2) is 13.3 Å². The van der Waals surface area contributed by atoms with Crippen LogP contribution in [0.4, 0.5) is 5.69 Å². The Morgan fingerprint density at radius 1 is 1.35 bits per heavy atom. The predicted octanol–water partition coefficient (Wildman–Crippen LogP) is 3.04. The normalized spacial score (nSPS) is 10.2. The van der Waals surface area contributed by atoms with Crippen LogP contribution in [0.3, 0.4) is 0 Å². The van der Waals surface area contributed by atoms with Crippen LogP contribution in [0, 0.1) is 6.92 Å². The first-order chi connectivity index (χ1) is 8.20. The predicted molar refractivity (Wildman–Crippen MR) is 67.4 cm³/mol. The summed E-state index contributed by atoms with van der Waals surface area (Å²) in [7, 11) is 2.02. The number of rotatable bonds is 4. The lowest BCUT2D eigenvalue weighted by atomic mass is 10.1. The van der Waals surface area contributed by atoms with Gasteiger partial charge in [-0.3, -0.25) is 4.79 Å². The Bertz CT molecular complexity index is 503. The van der Waals surface area contributed by atoms with Crippen molar-refractivity contribution in [3.8, 4) is 0 Å². The number of hydrogen-bond donors (Lipinski definition) is 0. The molecule has 0 unspecified atom stereocenters. The average molecular weight is 229 g/mol. The molecule has 0 aliphatic rings. The number of aldehydes is 1. The zero-order valence-corrected chi connectivity index (χ0v) is 10.0.